The number of benzene rings is 2. The van der Waals surface area contributed by atoms with Gasteiger partial charge in [-0.25, -0.2) is 0 Å². The van der Waals surface area contributed by atoms with Crippen LogP contribution in [0.2, 0.25) is 0 Å². The fourth-order valence-electron chi connectivity index (χ4n) is 2.65. The average Bonchev–Trinajstić information content (AvgIpc) is 2.58. The normalized spacial score (nSPS) is 15.7. The van der Waals surface area contributed by atoms with Gasteiger partial charge in [-0.2, -0.15) is 0 Å². The van der Waals surface area contributed by atoms with Crippen molar-refractivity contribution in [1.29, 1.82) is 0 Å². The molecule has 1 aliphatic rings. The Morgan fingerprint density at radius 1 is 1.00 bits per heavy atom. The van der Waals surface area contributed by atoms with Crippen molar-refractivity contribution in [2.75, 3.05) is 18.2 Å². The van der Waals surface area contributed by atoms with E-state index >= 15 is 0 Å². The van der Waals surface area contributed by atoms with Gasteiger partial charge in [-0.15, -0.1) is 0 Å². The van der Waals surface area contributed by atoms with Crippen LogP contribution in [0, 0.1) is 0 Å². The van der Waals surface area contributed by atoms with Crippen molar-refractivity contribution in [1.82, 2.24) is 10.2 Å². The van der Waals surface area contributed by atoms with Gasteiger partial charge in [0, 0.05) is 12.2 Å². The van der Waals surface area contributed by atoms with Gasteiger partial charge >= 0.3 is 0 Å². The molecule has 22 heavy (non-hydrogen) atoms. The van der Waals surface area contributed by atoms with Gasteiger partial charge in [-0.05, 0) is 41.9 Å². The summed E-state index contributed by atoms with van der Waals surface area (Å²) in [5.41, 5.74) is 3.81. The van der Waals surface area contributed by atoms with E-state index in [4.69, 9.17) is 12.2 Å². The van der Waals surface area contributed by atoms with Crippen LogP contribution in [0.25, 0.3) is 0 Å². The smallest absolute Gasteiger partial charge is 0.175 e. The van der Waals surface area contributed by atoms with E-state index in [1.807, 2.05) is 0 Å². The highest BCUT2D eigenvalue weighted by molar-refractivity contribution is 7.80. The standard InChI is InChI=1S/C18H21N3S/c1-2-15-8-10-17(11-9-15)21-14-20(13-19-18(21)22)12-16-6-4-3-5-7-16/h3-11H,2,12-14H2,1H3,(H,19,22). The molecule has 1 saturated heterocycles. The third-order valence-electron chi connectivity index (χ3n) is 3.95. The monoisotopic (exact) mass is 311 g/mol. The van der Waals surface area contributed by atoms with E-state index in [1.165, 1.54) is 11.1 Å². The topological polar surface area (TPSA) is 18.5 Å². The molecule has 2 aromatic rings. The van der Waals surface area contributed by atoms with E-state index in [0.717, 1.165) is 37.1 Å². The third-order valence-corrected chi connectivity index (χ3v) is 4.31. The summed E-state index contributed by atoms with van der Waals surface area (Å²) >= 11 is 5.48. The van der Waals surface area contributed by atoms with Crippen LogP contribution in [0.5, 0.6) is 0 Å². The van der Waals surface area contributed by atoms with Gasteiger partial charge in [0.25, 0.3) is 0 Å². The second kappa shape index (κ2) is 6.90. The van der Waals surface area contributed by atoms with E-state index in [2.05, 4.69) is 76.6 Å². The lowest BCUT2D eigenvalue weighted by Crippen LogP contribution is -2.55. The van der Waals surface area contributed by atoms with E-state index in [0.29, 0.717) is 0 Å². The Morgan fingerprint density at radius 3 is 2.41 bits per heavy atom. The summed E-state index contributed by atoms with van der Waals surface area (Å²) in [6.07, 6.45) is 1.06. The number of anilines is 1. The molecule has 0 unspecified atom stereocenters. The van der Waals surface area contributed by atoms with E-state index in [9.17, 15) is 0 Å². The molecule has 3 rings (SSSR count). The fraction of sp³-hybridized carbons (Fsp3) is 0.278. The van der Waals surface area contributed by atoms with Gasteiger partial charge in [0.15, 0.2) is 5.11 Å². The van der Waals surface area contributed by atoms with Crippen molar-refractivity contribution < 1.29 is 0 Å². The van der Waals surface area contributed by atoms with Gasteiger partial charge in [0.1, 0.15) is 0 Å². The molecule has 3 nitrogen and oxygen atoms in total. The van der Waals surface area contributed by atoms with Gasteiger partial charge in [-0.3, -0.25) is 4.90 Å². The second-order valence-corrected chi connectivity index (χ2v) is 5.93. The summed E-state index contributed by atoms with van der Waals surface area (Å²) in [6, 6.07) is 19.2. The van der Waals surface area contributed by atoms with Crippen molar-refractivity contribution in [3.8, 4) is 0 Å². The molecule has 2 aromatic carbocycles. The number of nitrogens with one attached hydrogen (secondary N) is 1. The van der Waals surface area contributed by atoms with Crippen molar-refractivity contribution in [2.24, 2.45) is 0 Å². The first-order valence-corrected chi connectivity index (χ1v) is 8.07. The quantitative estimate of drug-likeness (QED) is 0.872. The van der Waals surface area contributed by atoms with Crippen LogP contribution in [-0.4, -0.2) is 23.3 Å². The van der Waals surface area contributed by atoms with Crippen LogP contribution in [0.4, 0.5) is 5.69 Å². The number of hydrogen-bond donors (Lipinski definition) is 1. The van der Waals surface area contributed by atoms with Gasteiger partial charge in [0.2, 0.25) is 0 Å². The number of aryl methyl sites for hydroxylation is 1. The number of rotatable bonds is 4. The van der Waals surface area contributed by atoms with Gasteiger partial charge < -0.3 is 10.2 Å². The Bertz CT molecular complexity index is 625. The number of hydrogen-bond acceptors (Lipinski definition) is 2. The Hall–Kier alpha value is -1.91. The Morgan fingerprint density at radius 2 is 1.73 bits per heavy atom. The minimum Gasteiger partial charge on any atom is -0.349 e. The van der Waals surface area contributed by atoms with Crippen LogP contribution in [0.15, 0.2) is 54.6 Å². The molecule has 1 heterocycles. The summed E-state index contributed by atoms with van der Waals surface area (Å²) < 4.78 is 0. The Labute approximate surface area is 137 Å². The predicted octanol–water partition coefficient (Wildman–Crippen LogP) is 3.36. The summed E-state index contributed by atoms with van der Waals surface area (Å²) in [5.74, 6) is 0. The first-order chi connectivity index (χ1) is 10.8. The minimum absolute atomic E-state index is 0.789. The number of nitrogens with zero attached hydrogens (tertiary/aromatic N) is 2. The predicted molar refractivity (Wildman–Crippen MR) is 95.8 cm³/mol. The molecule has 114 valence electrons. The lowest BCUT2D eigenvalue weighted by Gasteiger charge is -2.38. The first-order valence-electron chi connectivity index (χ1n) is 7.67. The zero-order valence-electron chi connectivity index (χ0n) is 12.8. The van der Waals surface area contributed by atoms with Gasteiger partial charge in [0.05, 0.1) is 13.3 Å². The third kappa shape index (κ3) is 3.46. The molecule has 0 radical (unpaired) electrons. The fourth-order valence-corrected chi connectivity index (χ4v) is 2.87. The first kappa shape index (κ1) is 15.0. The van der Waals surface area contributed by atoms with Crippen LogP contribution in [-0.2, 0) is 13.0 Å². The molecular weight excluding hydrogens is 290 g/mol. The van der Waals surface area contributed by atoms with Crippen LogP contribution in [0.3, 0.4) is 0 Å². The molecule has 1 aliphatic heterocycles. The molecule has 0 aliphatic carbocycles. The zero-order valence-corrected chi connectivity index (χ0v) is 13.6. The SMILES string of the molecule is CCc1ccc(N2CN(Cc3ccccc3)CNC2=S)cc1. The molecule has 0 saturated carbocycles. The molecule has 1 fully saturated rings. The van der Waals surface area contributed by atoms with Crippen LogP contribution < -0.4 is 10.2 Å². The molecule has 4 heteroatoms. The zero-order chi connectivity index (χ0) is 15.4. The average molecular weight is 311 g/mol. The van der Waals surface area contributed by atoms with Crippen LogP contribution in [0.1, 0.15) is 18.1 Å². The van der Waals surface area contributed by atoms with E-state index in [1.54, 1.807) is 0 Å². The highest BCUT2D eigenvalue weighted by Gasteiger charge is 2.21. The van der Waals surface area contributed by atoms with Gasteiger partial charge in [-0.1, -0.05) is 49.4 Å². The summed E-state index contributed by atoms with van der Waals surface area (Å²) in [5, 5.41) is 4.11. The maximum absolute atomic E-state index is 5.48. The Balaban J connectivity index is 1.71. The van der Waals surface area contributed by atoms with Crippen molar-refractivity contribution in [2.45, 2.75) is 19.9 Å². The summed E-state index contributed by atoms with van der Waals surface area (Å²) in [7, 11) is 0. The van der Waals surface area contributed by atoms with Crippen molar-refractivity contribution in [3.05, 3.63) is 65.7 Å². The lowest BCUT2D eigenvalue weighted by atomic mass is 10.1. The molecule has 0 bridgehead atoms. The van der Waals surface area contributed by atoms with Crippen LogP contribution >= 0.6 is 12.2 Å². The van der Waals surface area contributed by atoms with E-state index in [-0.39, 0.29) is 0 Å². The molecule has 0 aromatic heterocycles. The summed E-state index contributed by atoms with van der Waals surface area (Å²) in [6.45, 7) is 4.69. The molecule has 0 spiro atoms. The van der Waals surface area contributed by atoms with E-state index < -0.39 is 0 Å². The highest BCUT2D eigenvalue weighted by Crippen LogP contribution is 2.19. The minimum atomic E-state index is 0.789. The van der Waals surface area contributed by atoms with Crippen molar-refractivity contribution in [3.63, 3.8) is 0 Å². The lowest BCUT2D eigenvalue weighted by molar-refractivity contribution is 0.253. The maximum atomic E-state index is 5.48. The molecular formula is C18H21N3S. The Kier molecular flexibility index (Phi) is 4.71. The second-order valence-electron chi connectivity index (χ2n) is 5.54. The molecule has 1 N–H and O–H groups in total. The largest absolute Gasteiger partial charge is 0.349 e. The summed E-state index contributed by atoms with van der Waals surface area (Å²) in [4.78, 5) is 4.50. The molecule has 0 amide bonds. The highest BCUT2D eigenvalue weighted by atomic mass is 32.1. The molecule has 0 atom stereocenters. The number of thiocarbonyl (C=S) groups is 1. The van der Waals surface area contributed by atoms with Crippen molar-refractivity contribution >= 4 is 23.0 Å². The maximum Gasteiger partial charge on any atom is 0.175 e.